The number of hydrogen-bond donors (Lipinski definition) is 1. The van der Waals surface area contributed by atoms with Gasteiger partial charge in [0.2, 0.25) is 11.8 Å². The molecule has 0 aromatic heterocycles. The summed E-state index contributed by atoms with van der Waals surface area (Å²) in [7, 11) is 0. The van der Waals surface area contributed by atoms with Crippen LogP contribution in [0.15, 0.2) is 42.5 Å². The van der Waals surface area contributed by atoms with Gasteiger partial charge >= 0.3 is 0 Å². The Kier molecular flexibility index (Phi) is 7.25. The summed E-state index contributed by atoms with van der Waals surface area (Å²) in [5, 5.41) is 3.45. The van der Waals surface area contributed by atoms with Gasteiger partial charge < -0.3 is 15.0 Å². The molecule has 1 N–H and O–H groups in total. The van der Waals surface area contributed by atoms with Crippen LogP contribution in [-0.2, 0) is 9.59 Å². The summed E-state index contributed by atoms with van der Waals surface area (Å²) in [5.74, 6) is 0.470. The number of nitrogens with zero attached hydrogens (tertiary/aromatic N) is 1. The third-order valence-electron chi connectivity index (χ3n) is 3.90. The Hall–Kier alpha value is -2.53. The molecule has 0 saturated heterocycles. The molecule has 0 aliphatic carbocycles. The van der Waals surface area contributed by atoms with Gasteiger partial charge in [-0.15, -0.1) is 0 Å². The minimum Gasteiger partial charge on any atom is -0.491 e. The highest BCUT2D eigenvalue weighted by molar-refractivity contribution is 6.30. The number of aryl methyl sites for hydroxylation is 1. The molecule has 2 aromatic rings. The molecule has 2 rings (SSSR count). The molecule has 0 spiro atoms. The van der Waals surface area contributed by atoms with Crippen molar-refractivity contribution in [1.29, 1.82) is 0 Å². The molecule has 0 bridgehead atoms. The molecule has 6 heteroatoms. The van der Waals surface area contributed by atoms with Crippen molar-refractivity contribution in [2.24, 2.45) is 0 Å². The zero-order chi connectivity index (χ0) is 20.0. The molecule has 0 radical (unpaired) electrons. The van der Waals surface area contributed by atoms with Crippen LogP contribution >= 0.6 is 11.6 Å². The fourth-order valence-electron chi connectivity index (χ4n) is 2.70. The first-order valence-electron chi connectivity index (χ1n) is 8.87. The molecular weight excluding hydrogens is 364 g/mol. The van der Waals surface area contributed by atoms with E-state index in [2.05, 4.69) is 5.32 Å². The first-order valence-corrected chi connectivity index (χ1v) is 9.25. The number of ether oxygens (including phenoxy) is 1. The van der Waals surface area contributed by atoms with E-state index in [0.717, 1.165) is 17.0 Å². The SMILES string of the molecule is CC(=O)N(CCC(=O)Nc1ccc(OC(C)C)cc1)c1ccc(Cl)cc1C. The maximum absolute atomic E-state index is 12.3. The first-order chi connectivity index (χ1) is 12.8. The van der Waals surface area contributed by atoms with Crippen molar-refractivity contribution in [1.82, 2.24) is 0 Å². The second-order valence-electron chi connectivity index (χ2n) is 6.59. The van der Waals surface area contributed by atoms with E-state index in [1.165, 1.54) is 6.92 Å². The maximum Gasteiger partial charge on any atom is 0.226 e. The monoisotopic (exact) mass is 388 g/mol. The van der Waals surface area contributed by atoms with Crippen LogP contribution in [0.3, 0.4) is 0 Å². The van der Waals surface area contributed by atoms with Gasteiger partial charge in [-0.2, -0.15) is 0 Å². The number of carbonyl (C=O) groups excluding carboxylic acids is 2. The molecule has 0 aliphatic rings. The van der Waals surface area contributed by atoms with Gasteiger partial charge in [0.25, 0.3) is 0 Å². The van der Waals surface area contributed by atoms with Crippen molar-refractivity contribution in [3.63, 3.8) is 0 Å². The fourth-order valence-corrected chi connectivity index (χ4v) is 2.92. The Morgan fingerprint density at radius 2 is 1.81 bits per heavy atom. The van der Waals surface area contributed by atoms with Crippen molar-refractivity contribution in [2.75, 3.05) is 16.8 Å². The predicted molar refractivity (Wildman–Crippen MR) is 110 cm³/mol. The fraction of sp³-hybridized carbons (Fsp3) is 0.333. The zero-order valence-electron chi connectivity index (χ0n) is 16.1. The normalized spacial score (nSPS) is 10.6. The number of benzene rings is 2. The average molecular weight is 389 g/mol. The Balaban J connectivity index is 1.97. The first kappa shape index (κ1) is 20.8. The second-order valence-corrected chi connectivity index (χ2v) is 7.03. The van der Waals surface area contributed by atoms with Crippen LogP contribution in [0.4, 0.5) is 11.4 Å². The highest BCUT2D eigenvalue weighted by atomic mass is 35.5. The molecule has 0 aliphatic heterocycles. The Labute approximate surface area is 165 Å². The lowest BCUT2D eigenvalue weighted by atomic mass is 10.1. The molecular formula is C21H25ClN2O3. The van der Waals surface area contributed by atoms with Crippen molar-refractivity contribution in [3.05, 3.63) is 53.1 Å². The molecule has 2 aromatic carbocycles. The molecule has 0 saturated carbocycles. The summed E-state index contributed by atoms with van der Waals surface area (Å²) in [5.41, 5.74) is 2.34. The number of rotatable bonds is 7. The smallest absolute Gasteiger partial charge is 0.226 e. The van der Waals surface area contributed by atoms with Crippen LogP contribution in [0, 0.1) is 6.92 Å². The number of carbonyl (C=O) groups is 2. The number of hydrogen-bond acceptors (Lipinski definition) is 3. The van der Waals surface area contributed by atoms with Crippen LogP contribution in [0.5, 0.6) is 5.75 Å². The van der Waals surface area contributed by atoms with Gasteiger partial charge in [0.1, 0.15) is 5.75 Å². The van der Waals surface area contributed by atoms with E-state index in [1.54, 1.807) is 35.2 Å². The number of halogens is 1. The third-order valence-corrected chi connectivity index (χ3v) is 4.14. The number of amides is 2. The highest BCUT2D eigenvalue weighted by Crippen LogP contribution is 2.24. The molecule has 5 nitrogen and oxygen atoms in total. The van der Waals surface area contributed by atoms with E-state index in [1.807, 2.05) is 32.9 Å². The third kappa shape index (κ3) is 6.29. The Morgan fingerprint density at radius 1 is 1.15 bits per heavy atom. The topological polar surface area (TPSA) is 58.6 Å². The molecule has 27 heavy (non-hydrogen) atoms. The molecule has 0 unspecified atom stereocenters. The minimum absolute atomic E-state index is 0.0966. The van der Waals surface area contributed by atoms with Crippen LogP contribution in [-0.4, -0.2) is 24.5 Å². The lowest BCUT2D eigenvalue weighted by Gasteiger charge is -2.23. The summed E-state index contributed by atoms with van der Waals surface area (Å²) in [6.45, 7) is 7.58. The molecule has 144 valence electrons. The van der Waals surface area contributed by atoms with E-state index < -0.39 is 0 Å². The maximum atomic E-state index is 12.3. The van der Waals surface area contributed by atoms with E-state index in [0.29, 0.717) is 10.7 Å². The summed E-state index contributed by atoms with van der Waals surface area (Å²) in [6, 6.07) is 12.5. The van der Waals surface area contributed by atoms with Gasteiger partial charge in [-0.25, -0.2) is 0 Å². The van der Waals surface area contributed by atoms with Crippen molar-refractivity contribution in [3.8, 4) is 5.75 Å². The van der Waals surface area contributed by atoms with Gasteiger partial charge in [-0.1, -0.05) is 11.6 Å². The van der Waals surface area contributed by atoms with E-state index in [4.69, 9.17) is 16.3 Å². The van der Waals surface area contributed by atoms with Crippen molar-refractivity contribution in [2.45, 2.75) is 40.2 Å². The molecule has 0 fully saturated rings. The standard InChI is InChI=1S/C21H25ClN2O3/c1-14(2)27-19-8-6-18(7-9-19)23-21(26)11-12-24(16(4)25)20-10-5-17(22)13-15(20)3/h5-10,13-14H,11-12H2,1-4H3,(H,23,26). The summed E-state index contributed by atoms with van der Waals surface area (Å²) < 4.78 is 5.58. The van der Waals surface area contributed by atoms with E-state index >= 15 is 0 Å². The Morgan fingerprint density at radius 3 is 2.37 bits per heavy atom. The van der Waals surface area contributed by atoms with E-state index in [9.17, 15) is 9.59 Å². The zero-order valence-corrected chi connectivity index (χ0v) is 16.8. The summed E-state index contributed by atoms with van der Waals surface area (Å²) in [4.78, 5) is 25.9. The van der Waals surface area contributed by atoms with Crippen LogP contribution < -0.4 is 15.0 Å². The largest absolute Gasteiger partial charge is 0.491 e. The van der Waals surface area contributed by atoms with Crippen molar-refractivity contribution >= 4 is 34.8 Å². The number of nitrogens with one attached hydrogen (secondary N) is 1. The van der Waals surface area contributed by atoms with Gasteiger partial charge in [0.05, 0.1) is 6.10 Å². The van der Waals surface area contributed by atoms with Gasteiger partial charge in [-0.3, -0.25) is 9.59 Å². The van der Waals surface area contributed by atoms with Crippen LogP contribution in [0.2, 0.25) is 5.02 Å². The molecule has 0 atom stereocenters. The predicted octanol–water partition coefficient (Wildman–Crippen LogP) is 4.82. The summed E-state index contributed by atoms with van der Waals surface area (Å²) >= 11 is 5.98. The van der Waals surface area contributed by atoms with Gasteiger partial charge in [0.15, 0.2) is 0 Å². The number of anilines is 2. The lowest BCUT2D eigenvalue weighted by molar-refractivity contribution is -0.117. The van der Waals surface area contributed by atoms with E-state index in [-0.39, 0.29) is 30.9 Å². The highest BCUT2D eigenvalue weighted by Gasteiger charge is 2.15. The quantitative estimate of drug-likeness (QED) is 0.739. The molecule has 0 heterocycles. The van der Waals surface area contributed by atoms with Crippen LogP contribution in [0.25, 0.3) is 0 Å². The Bertz CT molecular complexity index is 804. The van der Waals surface area contributed by atoms with Gasteiger partial charge in [-0.05, 0) is 68.8 Å². The summed E-state index contributed by atoms with van der Waals surface area (Å²) in [6.07, 6.45) is 0.283. The van der Waals surface area contributed by atoms with Crippen molar-refractivity contribution < 1.29 is 14.3 Å². The lowest BCUT2D eigenvalue weighted by Crippen LogP contribution is -2.32. The average Bonchev–Trinajstić information content (AvgIpc) is 2.57. The minimum atomic E-state index is -0.162. The second kappa shape index (κ2) is 9.42. The molecule has 2 amide bonds. The van der Waals surface area contributed by atoms with Gasteiger partial charge in [0, 0.05) is 36.3 Å². The van der Waals surface area contributed by atoms with Crippen LogP contribution in [0.1, 0.15) is 32.8 Å².